The van der Waals surface area contributed by atoms with Gasteiger partial charge >= 0.3 is 0 Å². The molecule has 3 amide bonds. The monoisotopic (exact) mass is 449 g/mol. The number of furan rings is 1. The molecule has 4 heterocycles. The highest BCUT2D eigenvalue weighted by Crippen LogP contribution is 2.27. The number of carbonyl (C=O) groups is 3. The zero-order valence-electron chi connectivity index (χ0n) is 18.9. The van der Waals surface area contributed by atoms with Crippen LogP contribution in [0, 0.1) is 11.8 Å². The molecule has 7 heteroatoms. The average molecular weight is 450 g/mol. The van der Waals surface area contributed by atoms with Gasteiger partial charge in [0.1, 0.15) is 0 Å². The summed E-state index contributed by atoms with van der Waals surface area (Å²) in [7, 11) is 0. The minimum atomic E-state index is -0.177. The molecule has 1 atom stereocenters. The van der Waals surface area contributed by atoms with Gasteiger partial charge in [0, 0.05) is 45.2 Å². The fraction of sp³-hybridized carbons (Fsp3) is 0.500. The molecule has 0 aliphatic carbocycles. The van der Waals surface area contributed by atoms with Gasteiger partial charge in [-0.05, 0) is 55.4 Å². The highest BCUT2D eigenvalue weighted by molar-refractivity contribution is 5.92. The molecule has 2 saturated heterocycles. The number of nitrogens with zero attached hydrogens (tertiary/aromatic N) is 3. The average Bonchev–Trinajstić information content (AvgIpc) is 3.42. The Bertz CT molecular complexity index is 1010. The Morgan fingerprint density at radius 1 is 0.758 bits per heavy atom. The van der Waals surface area contributed by atoms with Crippen molar-refractivity contribution < 1.29 is 18.8 Å². The van der Waals surface area contributed by atoms with Gasteiger partial charge in [-0.25, -0.2) is 0 Å². The van der Waals surface area contributed by atoms with Crippen LogP contribution in [0.3, 0.4) is 0 Å². The smallest absolute Gasteiger partial charge is 0.289 e. The molecule has 0 saturated carbocycles. The number of piperidine rings is 2. The Kier molecular flexibility index (Phi) is 6.20. The Labute approximate surface area is 194 Å². The zero-order chi connectivity index (χ0) is 22.8. The maximum atomic E-state index is 13.2. The summed E-state index contributed by atoms with van der Waals surface area (Å²) in [5, 5.41) is 0. The van der Waals surface area contributed by atoms with Gasteiger partial charge in [0.25, 0.3) is 5.91 Å². The molecule has 3 aliphatic rings. The lowest BCUT2D eigenvalue weighted by atomic mass is 9.91. The van der Waals surface area contributed by atoms with Crippen molar-refractivity contribution in [2.45, 2.75) is 38.6 Å². The van der Waals surface area contributed by atoms with E-state index in [0.717, 1.165) is 25.8 Å². The third-order valence-corrected chi connectivity index (χ3v) is 7.39. The van der Waals surface area contributed by atoms with E-state index < -0.39 is 0 Å². The van der Waals surface area contributed by atoms with Gasteiger partial charge in [-0.15, -0.1) is 0 Å². The Hall–Kier alpha value is -3.09. The van der Waals surface area contributed by atoms with Crippen LogP contribution in [-0.4, -0.2) is 65.1 Å². The second kappa shape index (κ2) is 9.41. The number of likely N-dealkylation sites (tertiary alicyclic amines) is 2. The molecular weight excluding hydrogens is 418 g/mol. The first-order valence-corrected chi connectivity index (χ1v) is 12.1. The quantitative estimate of drug-likeness (QED) is 0.722. The maximum absolute atomic E-state index is 13.2. The lowest BCUT2D eigenvalue weighted by Crippen LogP contribution is -2.50. The van der Waals surface area contributed by atoms with E-state index in [0.29, 0.717) is 51.3 Å². The molecule has 2 aromatic rings. The second-order valence-corrected chi connectivity index (χ2v) is 9.45. The van der Waals surface area contributed by atoms with E-state index in [2.05, 4.69) is 18.2 Å². The number of benzene rings is 1. The summed E-state index contributed by atoms with van der Waals surface area (Å²) in [6, 6.07) is 11.7. The molecule has 2 fully saturated rings. The normalized spacial score (nSPS) is 21.6. The van der Waals surface area contributed by atoms with Crippen molar-refractivity contribution in [1.29, 1.82) is 0 Å². The van der Waals surface area contributed by atoms with Crippen molar-refractivity contribution in [1.82, 2.24) is 14.7 Å². The zero-order valence-corrected chi connectivity index (χ0v) is 18.9. The molecular formula is C26H31N3O4. The number of fused-ring (bicyclic) bond motifs is 1. The van der Waals surface area contributed by atoms with E-state index in [-0.39, 0.29) is 29.6 Å². The molecule has 1 unspecified atom stereocenters. The SMILES string of the molecule is O=C(c1ccco1)N1CCCC(C(=O)N2CCC(C(=O)N3CCc4ccccc4C3)CC2)C1. The molecule has 0 N–H and O–H groups in total. The van der Waals surface area contributed by atoms with Gasteiger partial charge in [-0.3, -0.25) is 14.4 Å². The lowest BCUT2D eigenvalue weighted by Gasteiger charge is -2.39. The first kappa shape index (κ1) is 21.7. The first-order chi connectivity index (χ1) is 16.1. The van der Waals surface area contributed by atoms with Crippen molar-refractivity contribution >= 4 is 17.7 Å². The van der Waals surface area contributed by atoms with Crippen LogP contribution in [0.4, 0.5) is 0 Å². The topological polar surface area (TPSA) is 74.1 Å². The summed E-state index contributed by atoms with van der Waals surface area (Å²) in [4.78, 5) is 44.6. The minimum absolute atomic E-state index is 0.0114. The van der Waals surface area contributed by atoms with Crippen molar-refractivity contribution in [3.8, 4) is 0 Å². The van der Waals surface area contributed by atoms with Gasteiger partial charge in [-0.2, -0.15) is 0 Å². The van der Waals surface area contributed by atoms with E-state index >= 15 is 0 Å². The molecule has 1 aromatic carbocycles. The Morgan fingerprint density at radius 3 is 2.27 bits per heavy atom. The van der Waals surface area contributed by atoms with Crippen LogP contribution >= 0.6 is 0 Å². The predicted molar refractivity (Wildman–Crippen MR) is 122 cm³/mol. The standard InChI is InChI=1S/C26H31N3O4/c30-24(29-15-9-19-5-1-2-6-21(19)17-29)20-10-13-27(14-11-20)25(31)22-7-3-12-28(18-22)26(32)23-8-4-16-33-23/h1-2,4-6,8,16,20,22H,3,7,9-15,17-18H2. The molecule has 7 nitrogen and oxygen atoms in total. The highest BCUT2D eigenvalue weighted by Gasteiger charge is 2.36. The van der Waals surface area contributed by atoms with Crippen molar-refractivity contribution in [3.63, 3.8) is 0 Å². The number of hydrogen-bond acceptors (Lipinski definition) is 4. The molecule has 0 radical (unpaired) electrons. The Morgan fingerprint density at radius 2 is 1.52 bits per heavy atom. The van der Waals surface area contributed by atoms with Gasteiger partial charge < -0.3 is 19.1 Å². The van der Waals surface area contributed by atoms with Gasteiger partial charge in [-0.1, -0.05) is 24.3 Å². The highest BCUT2D eigenvalue weighted by atomic mass is 16.3. The van der Waals surface area contributed by atoms with E-state index in [4.69, 9.17) is 4.42 Å². The van der Waals surface area contributed by atoms with Crippen LogP contribution in [0.2, 0.25) is 0 Å². The van der Waals surface area contributed by atoms with Gasteiger partial charge in [0.05, 0.1) is 12.2 Å². The number of carbonyl (C=O) groups excluding carboxylic acids is 3. The minimum Gasteiger partial charge on any atom is -0.459 e. The molecule has 33 heavy (non-hydrogen) atoms. The number of hydrogen-bond donors (Lipinski definition) is 0. The summed E-state index contributed by atoms with van der Waals surface area (Å²) >= 11 is 0. The molecule has 1 aromatic heterocycles. The van der Waals surface area contributed by atoms with Crippen LogP contribution in [0.15, 0.2) is 47.1 Å². The maximum Gasteiger partial charge on any atom is 0.289 e. The van der Waals surface area contributed by atoms with E-state index in [1.165, 1.54) is 17.4 Å². The first-order valence-electron chi connectivity index (χ1n) is 12.1. The van der Waals surface area contributed by atoms with Crippen LogP contribution in [0.25, 0.3) is 0 Å². The molecule has 5 rings (SSSR count). The predicted octanol–water partition coefficient (Wildman–Crippen LogP) is 2.96. The third kappa shape index (κ3) is 4.54. The summed E-state index contributed by atoms with van der Waals surface area (Å²) in [5.41, 5.74) is 2.59. The van der Waals surface area contributed by atoms with E-state index in [1.54, 1.807) is 17.0 Å². The largest absolute Gasteiger partial charge is 0.459 e. The molecule has 3 aliphatic heterocycles. The molecule has 174 valence electrons. The molecule has 0 spiro atoms. The number of amides is 3. The van der Waals surface area contributed by atoms with Crippen molar-refractivity contribution in [3.05, 3.63) is 59.5 Å². The summed E-state index contributed by atoms with van der Waals surface area (Å²) < 4.78 is 5.24. The van der Waals surface area contributed by atoms with Crippen LogP contribution < -0.4 is 0 Å². The van der Waals surface area contributed by atoms with Gasteiger partial charge in [0.15, 0.2) is 5.76 Å². The summed E-state index contributed by atoms with van der Waals surface area (Å²) in [6.45, 7) is 3.78. The molecule has 0 bridgehead atoms. The second-order valence-electron chi connectivity index (χ2n) is 9.45. The van der Waals surface area contributed by atoms with Crippen LogP contribution in [-0.2, 0) is 22.6 Å². The summed E-state index contributed by atoms with van der Waals surface area (Å²) in [6.07, 6.45) is 5.44. The summed E-state index contributed by atoms with van der Waals surface area (Å²) in [5.74, 6) is 0.327. The number of rotatable bonds is 3. The lowest BCUT2D eigenvalue weighted by molar-refractivity contribution is -0.143. The van der Waals surface area contributed by atoms with Crippen LogP contribution in [0.1, 0.15) is 47.4 Å². The van der Waals surface area contributed by atoms with Crippen molar-refractivity contribution in [2.75, 3.05) is 32.7 Å². The van der Waals surface area contributed by atoms with Crippen molar-refractivity contribution in [2.24, 2.45) is 11.8 Å². The van der Waals surface area contributed by atoms with Crippen LogP contribution in [0.5, 0.6) is 0 Å². The van der Waals surface area contributed by atoms with E-state index in [1.807, 2.05) is 15.9 Å². The third-order valence-electron chi connectivity index (χ3n) is 7.39. The Balaban J connectivity index is 1.14. The van der Waals surface area contributed by atoms with E-state index in [9.17, 15) is 14.4 Å². The van der Waals surface area contributed by atoms with Gasteiger partial charge in [0.2, 0.25) is 11.8 Å². The fourth-order valence-corrected chi connectivity index (χ4v) is 5.47. The fourth-order valence-electron chi connectivity index (χ4n) is 5.47.